The van der Waals surface area contributed by atoms with E-state index < -0.39 is 0 Å². The molecular formula is C11H14ClN2O-. The first-order valence-corrected chi connectivity index (χ1v) is 4.69. The van der Waals surface area contributed by atoms with Gasteiger partial charge in [-0.15, -0.1) is 0 Å². The van der Waals surface area contributed by atoms with Gasteiger partial charge in [0.25, 0.3) is 0 Å². The number of nitrogens with one attached hydrogen (secondary N) is 1. The van der Waals surface area contributed by atoms with Crippen LogP contribution in [-0.2, 0) is 20.1 Å². The Labute approximate surface area is 95.5 Å². The van der Waals surface area contributed by atoms with Gasteiger partial charge in [0.05, 0.1) is 12.8 Å². The molecule has 0 unspecified atom stereocenters. The summed E-state index contributed by atoms with van der Waals surface area (Å²) in [6.45, 7) is 1.64. The molecule has 15 heavy (non-hydrogen) atoms. The van der Waals surface area contributed by atoms with Crippen LogP contribution >= 0.6 is 0 Å². The molecule has 4 heteroatoms. The molecule has 0 aliphatic carbocycles. The lowest BCUT2D eigenvalue weighted by Crippen LogP contribution is -3.00. The van der Waals surface area contributed by atoms with E-state index in [4.69, 9.17) is 4.42 Å². The predicted octanol–water partition coefficient (Wildman–Crippen LogP) is -1.09. The van der Waals surface area contributed by atoms with Crippen molar-refractivity contribution in [3.63, 3.8) is 0 Å². The van der Waals surface area contributed by atoms with Crippen molar-refractivity contribution in [3.8, 4) is 0 Å². The second kappa shape index (κ2) is 5.63. The van der Waals surface area contributed by atoms with Crippen LogP contribution in [0.15, 0.2) is 41.1 Å². The first kappa shape index (κ1) is 11.9. The van der Waals surface area contributed by atoms with E-state index in [0.717, 1.165) is 18.8 Å². The summed E-state index contributed by atoms with van der Waals surface area (Å²) < 4.78 is 7.32. The van der Waals surface area contributed by atoms with E-state index in [9.17, 15) is 0 Å². The van der Waals surface area contributed by atoms with E-state index >= 15 is 0 Å². The van der Waals surface area contributed by atoms with Crippen LogP contribution in [0.5, 0.6) is 0 Å². The first-order chi connectivity index (χ1) is 6.86. The van der Waals surface area contributed by atoms with E-state index in [1.165, 1.54) is 5.69 Å². The Bertz CT molecular complexity index is 381. The van der Waals surface area contributed by atoms with Crippen molar-refractivity contribution in [1.82, 2.24) is 9.88 Å². The number of hydrogen-bond acceptors (Lipinski definition) is 2. The van der Waals surface area contributed by atoms with Crippen molar-refractivity contribution in [2.45, 2.75) is 13.1 Å². The van der Waals surface area contributed by atoms with Crippen LogP contribution in [0.3, 0.4) is 0 Å². The van der Waals surface area contributed by atoms with Crippen LogP contribution in [0.1, 0.15) is 11.5 Å². The van der Waals surface area contributed by atoms with Crippen molar-refractivity contribution in [3.05, 3.63) is 48.2 Å². The lowest BCUT2D eigenvalue weighted by molar-refractivity contribution is -0.00000348. The molecule has 0 atom stereocenters. The van der Waals surface area contributed by atoms with Gasteiger partial charge in [0.1, 0.15) is 5.76 Å². The summed E-state index contributed by atoms with van der Waals surface area (Å²) in [5, 5.41) is 3.32. The number of aromatic nitrogens is 1. The Hall–Kier alpha value is -1.19. The molecule has 0 bridgehead atoms. The lowest BCUT2D eigenvalue weighted by atomic mass is 10.4. The predicted molar refractivity (Wildman–Crippen MR) is 54.7 cm³/mol. The summed E-state index contributed by atoms with van der Waals surface area (Å²) in [7, 11) is 2.05. The third kappa shape index (κ3) is 3.15. The van der Waals surface area contributed by atoms with Crippen LogP contribution < -0.4 is 17.7 Å². The summed E-state index contributed by atoms with van der Waals surface area (Å²) in [5.41, 5.74) is 1.27. The number of halogens is 1. The maximum absolute atomic E-state index is 5.21. The molecule has 0 spiro atoms. The Kier molecular flexibility index (Phi) is 4.46. The molecule has 0 radical (unpaired) electrons. The van der Waals surface area contributed by atoms with E-state index in [1.54, 1.807) is 6.26 Å². The largest absolute Gasteiger partial charge is 1.00 e. The molecule has 0 saturated carbocycles. The summed E-state index contributed by atoms with van der Waals surface area (Å²) in [5.74, 6) is 0.971. The minimum Gasteiger partial charge on any atom is -1.00 e. The van der Waals surface area contributed by atoms with Gasteiger partial charge >= 0.3 is 0 Å². The van der Waals surface area contributed by atoms with E-state index in [-0.39, 0.29) is 12.4 Å². The first-order valence-electron chi connectivity index (χ1n) is 4.69. The van der Waals surface area contributed by atoms with Gasteiger partial charge in [-0.3, -0.25) is 0 Å². The normalized spacial score (nSPS) is 9.93. The molecule has 3 nitrogen and oxygen atoms in total. The number of furan rings is 1. The standard InChI is InChI=1S/C11H14N2O.ClH/c1-13-6-2-4-10(13)8-12-9-11-5-3-7-14-11;/h2-7,12H,8-9H2,1H3;1H/p-1. The molecule has 1 N–H and O–H groups in total. The molecule has 2 rings (SSSR count). The highest BCUT2D eigenvalue weighted by Gasteiger charge is 1.97. The quantitative estimate of drug-likeness (QED) is 0.717. The topological polar surface area (TPSA) is 30.1 Å². The van der Waals surface area contributed by atoms with Crippen LogP contribution in [0, 0.1) is 0 Å². The van der Waals surface area contributed by atoms with Gasteiger partial charge in [0.2, 0.25) is 0 Å². The molecule has 2 heterocycles. The van der Waals surface area contributed by atoms with Crippen LogP contribution in [0.4, 0.5) is 0 Å². The fourth-order valence-corrected chi connectivity index (χ4v) is 1.41. The van der Waals surface area contributed by atoms with Gasteiger partial charge in [0.15, 0.2) is 0 Å². The fraction of sp³-hybridized carbons (Fsp3) is 0.273. The zero-order valence-electron chi connectivity index (χ0n) is 8.61. The van der Waals surface area contributed by atoms with Crippen LogP contribution in [-0.4, -0.2) is 4.57 Å². The zero-order chi connectivity index (χ0) is 9.80. The SMILES string of the molecule is Cn1cccc1CNCc1ccco1.[Cl-]. The molecule has 0 aromatic carbocycles. The molecule has 0 fully saturated rings. The lowest BCUT2D eigenvalue weighted by Gasteiger charge is -2.03. The van der Waals surface area contributed by atoms with Crippen molar-refractivity contribution in [1.29, 1.82) is 0 Å². The third-order valence-electron chi connectivity index (χ3n) is 2.24. The maximum atomic E-state index is 5.21. The Morgan fingerprint density at radius 1 is 1.27 bits per heavy atom. The number of rotatable bonds is 4. The van der Waals surface area contributed by atoms with Crippen LogP contribution in [0.25, 0.3) is 0 Å². The van der Waals surface area contributed by atoms with Crippen molar-refractivity contribution >= 4 is 0 Å². The van der Waals surface area contributed by atoms with Crippen LogP contribution in [0.2, 0.25) is 0 Å². The summed E-state index contributed by atoms with van der Waals surface area (Å²) >= 11 is 0. The number of nitrogens with zero attached hydrogens (tertiary/aromatic N) is 1. The smallest absolute Gasteiger partial charge is 0.117 e. The molecule has 0 aliphatic rings. The Morgan fingerprint density at radius 2 is 2.13 bits per heavy atom. The highest BCUT2D eigenvalue weighted by molar-refractivity contribution is 5.06. The maximum Gasteiger partial charge on any atom is 0.117 e. The molecule has 0 saturated heterocycles. The zero-order valence-corrected chi connectivity index (χ0v) is 9.37. The average Bonchev–Trinajstić information content (AvgIpc) is 2.78. The molecule has 2 aromatic heterocycles. The molecule has 2 aromatic rings. The van der Waals surface area contributed by atoms with Gasteiger partial charge in [0, 0.05) is 25.5 Å². The fourth-order valence-electron chi connectivity index (χ4n) is 1.41. The summed E-state index contributed by atoms with van der Waals surface area (Å²) in [4.78, 5) is 0. The molecule has 0 aliphatic heterocycles. The number of hydrogen-bond donors (Lipinski definition) is 1. The van der Waals surface area contributed by atoms with E-state index in [0.29, 0.717) is 0 Å². The Balaban J connectivity index is 0.00000112. The highest BCUT2D eigenvalue weighted by atomic mass is 35.5. The third-order valence-corrected chi connectivity index (χ3v) is 2.24. The highest BCUT2D eigenvalue weighted by Crippen LogP contribution is 2.01. The number of aryl methyl sites for hydroxylation is 1. The van der Waals surface area contributed by atoms with E-state index in [1.807, 2.05) is 31.4 Å². The summed E-state index contributed by atoms with van der Waals surface area (Å²) in [6, 6.07) is 8.02. The molecule has 82 valence electrons. The van der Waals surface area contributed by atoms with Crippen molar-refractivity contribution < 1.29 is 16.8 Å². The summed E-state index contributed by atoms with van der Waals surface area (Å²) in [6.07, 6.45) is 3.74. The minimum atomic E-state index is 0. The second-order valence-electron chi connectivity index (χ2n) is 3.29. The van der Waals surface area contributed by atoms with Gasteiger partial charge in [-0.05, 0) is 24.3 Å². The van der Waals surface area contributed by atoms with Gasteiger partial charge < -0.3 is 26.7 Å². The van der Waals surface area contributed by atoms with E-state index in [2.05, 4.69) is 16.0 Å². The van der Waals surface area contributed by atoms with Gasteiger partial charge in [-0.25, -0.2) is 0 Å². The average molecular weight is 226 g/mol. The monoisotopic (exact) mass is 225 g/mol. The minimum absolute atomic E-state index is 0. The second-order valence-corrected chi connectivity index (χ2v) is 3.29. The molecule has 0 amide bonds. The Morgan fingerprint density at radius 3 is 2.73 bits per heavy atom. The van der Waals surface area contributed by atoms with Gasteiger partial charge in [-0.1, -0.05) is 0 Å². The van der Waals surface area contributed by atoms with Gasteiger partial charge in [-0.2, -0.15) is 0 Å². The van der Waals surface area contributed by atoms with Crippen molar-refractivity contribution in [2.75, 3.05) is 0 Å². The van der Waals surface area contributed by atoms with Crippen molar-refractivity contribution in [2.24, 2.45) is 7.05 Å². The molecular weight excluding hydrogens is 212 g/mol.